The summed E-state index contributed by atoms with van der Waals surface area (Å²) in [5.74, 6) is -0.0331. The van der Waals surface area contributed by atoms with Crippen molar-refractivity contribution in [1.82, 2.24) is 0 Å². The van der Waals surface area contributed by atoms with Gasteiger partial charge < -0.3 is 0 Å². The van der Waals surface area contributed by atoms with Crippen molar-refractivity contribution in [1.29, 1.82) is 0 Å². The van der Waals surface area contributed by atoms with Crippen LogP contribution in [0.15, 0.2) is 103 Å². The molecular weight excluding hydrogens is 306 g/mol. The zero-order valence-electron chi connectivity index (χ0n) is 13.7. The molecule has 4 aromatic carbocycles. The molecule has 0 saturated carbocycles. The topological polar surface area (TPSA) is 20.3 Å². The van der Waals surface area contributed by atoms with E-state index in [1.807, 2.05) is 103 Å². The number of amides is 1. The number of carbonyl (C=O) groups excluding carboxylic acids is 1. The maximum absolute atomic E-state index is 13.5. The van der Waals surface area contributed by atoms with Gasteiger partial charge in [-0.3, -0.25) is 9.69 Å². The first kappa shape index (κ1) is 15.2. The summed E-state index contributed by atoms with van der Waals surface area (Å²) in [4.78, 5) is 15.3. The third-order valence-corrected chi connectivity index (χ3v) is 4.25. The first-order chi connectivity index (χ1) is 12.3. The van der Waals surface area contributed by atoms with Gasteiger partial charge >= 0.3 is 0 Å². The minimum Gasteiger partial charge on any atom is -0.277 e. The average molecular weight is 323 g/mol. The molecule has 0 spiro atoms. The molecule has 2 nitrogen and oxygen atoms in total. The Morgan fingerprint density at radius 1 is 0.560 bits per heavy atom. The third kappa shape index (κ3) is 2.90. The number of carbonyl (C=O) groups is 1. The van der Waals surface area contributed by atoms with Gasteiger partial charge in [-0.05, 0) is 41.1 Å². The lowest BCUT2D eigenvalue weighted by atomic mass is 10.0. The smallest absolute Gasteiger partial charge is 0.263 e. The molecule has 0 unspecified atom stereocenters. The predicted octanol–water partition coefficient (Wildman–Crippen LogP) is 5.82. The van der Waals surface area contributed by atoms with Crippen molar-refractivity contribution in [3.63, 3.8) is 0 Å². The molecule has 4 rings (SSSR count). The number of rotatable bonds is 3. The van der Waals surface area contributed by atoms with Gasteiger partial charge in [-0.15, -0.1) is 0 Å². The molecule has 0 radical (unpaired) electrons. The van der Waals surface area contributed by atoms with Crippen LogP contribution in [0.1, 0.15) is 10.4 Å². The van der Waals surface area contributed by atoms with E-state index in [0.29, 0.717) is 5.56 Å². The standard InChI is InChI=1S/C23H17NO/c25-23(22-17-9-11-18-10-7-8-16-21(18)22)24(19-12-3-1-4-13-19)20-14-5-2-6-15-20/h1-17H. The molecular formula is C23H17NO. The van der Waals surface area contributed by atoms with Crippen LogP contribution in [0.2, 0.25) is 0 Å². The molecule has 0 aliphatic heterocycles. The van der Waals surface area contributed by atoms with E-state index >= 15 is 0 Å². The lowest BCUT2D eigenvalue weighted by Gasteiger charge is -2.23. The van der Waals surface area contributed by atoms with Gasteiger partial charge in [0, 0.05) is 16.9 Å². The Balaban J connectivity index is 1.89. The molecule has 25 heavy (non-hydrogen) atoms. The number of benzene rings is 4. The Bertz CT molecular complexity index is 965. The molecule has 0 saturated heterocycles. The molecule has 0 aliphatic rings. The average Bonchev–Trinajstić information content (AvgIpc) is 2.69. The van der Waals surface area contributed by atoms with Gasteiger partial charge in [-0.2, -0.15) is 0 Å². The summed E-state index contributed by atoms with van der Waals surface area (Å²) < 4.78 is 0. The summed E-state index contributed by atoms with van der Waals surface area (Å²) in [6.07, 6.45) is 0. The Morgan fingerprint density at radius 2 is 1.08 bits per heavy atom. The normalized spacial score (nSPS) is 10.6. The highest BCUT2D eigenvalue weighted by atomic mass is 16.2. The highest BCUT2D eigenvalue weighted by Gasteiger charge is 2.21. The lowest BCUT2D eigenvalue weighted by Crippen LogP contribution is -2.26. The number of nitrogens with zero attached hydrogens (tertiary/aromatic N) is 1. The van der Waals surface area contributed by atoms with Crippen LogP contribution in [-0.2, 0) is 0 Å². The van der Waals surface area contributed by atoms with E-state index in [1.54, 1.807) is 4.90 Å². The summed E-state index contributed by atoms with van der Waals surface area (Å²) in [6, 6.07) is 33.3. The minimum absolute atomic E-state index is 0.0331. The van der Waals surface area contributed by atoms with Gasteiger partial charge in [0.25, 0.3) is 5.91 Å². The second kappa shape index (κ2) is 6.62. The number of para-hydroxylation sites is 2. The summed E-state index contributed by atoms with van der Waals surface area (Å²) in [6.45, 7) is 0. The molecule has 0 aliphatic carbocycles. The Hall–Kier alpha value is -3.39. The van der Waals surface area contributed by atoms with E-state index in [1.165, 1.54) is 0 Å². The zero-order valence-corrected chi connectivity index (χ0v) is 13.7. The van der Waals surface area contributed by atoms with Crippen LogP contribution >= 0.6 is 0 Å². The summed E-state index contributed by atoms with van der Waals surface area (Å²) in [7, 11) is 0. The largest absolute Gasteiger partial charge is 0.277 e. The lowest BCUT2D eigenvalue weighted by molar-refractivity contribution is 0.100. The number of hydrogen-bond donors (Lipinski definition) is 0. The second-order valence-electron chi connectivity index (χ2n) is 5.84. The van der Waals surface area contributed by atoms with Crippen LogP contribution in [0.4, 0.5) is 11.4 Å². The van der Waals surface area contributed by atoms with Gasteiger partial charge in [0.1, 0.15) is 0 Å². The first-order valence-corrected chi connectivity index (χ1v) is 8.27. The second-order valence-corrected chi connectivity index (χ2v) is 5.84. The number of fused-ring (bicyclic) bond motifs is 1. The Labute approximate surface area is 147 Å². The SMILES string of the molecule is O=C(c1cccc2ccccc12)N(c1ccccc1)c1ccccc1. The first-order valence-electron chi connectivity index (χ1n) is 8.27. The monoisotopic (exact) mass is 323 g/mol. The Morgan fingerprint density at radius 3 is 1.72 bits per heavy atom. The zero-order chi connectivity index (χ0) is 17.1. The Kier molecular flexibility index (Phi) is 4.01. The maximum atomic E-state index is 13.5. The van der Waals surface area contributed by atoms with E-state index in [0.717, 1.165) is 22.1 Å². The van der Waals surface area contributed by atoms with Crippen molar-refractivity contribution in [2.45, 2.75) is 0 Å². The fourth-order valence-corrected chi connectivity index (χ4v) is 3.07. The highest BCUT2D eigenvalue weighted by Crippen LogP contribution is 2.29. The number of anilines is 2. The molecule has 120 valence electrons. The predicted molar refractivity (Wildman–Crippen MR) is 103 cm³/mol. The van der Waals surface area contributed by atoms with Crippen molar-refractivity contribution in [3.8, 4) is 0 Å². The summed E-state index contributed by atoms with van der Waals surface area (Å²) >= 11 is 0. The summed E-state index contributed by atoms with van der Waals surface area (Å²) in [5.41, 5.74) is 2.41. The molecule has 0 N–H and O–H groups in total. The van der Waals surface area contributed by atoms with Gasteiger partial charge in [0.05, 0.1) is 0 Å². The van der Waals surface area contributed by atoms with Gasteiger partial charge in [-0.1, -0.05) is 72.8 Å². The fraction of sp³-hybridized carbons (Fsp3) is 0. The molecule has 4 aromatic rings. The van der Waals surface area contributed by atoms with Crippen molar-refractivity contribution >= 4 is 28.1 Å². The van der Waals surface area contributed by atoms with E-state index < -0.39 is 0 Å². The molecule has 0 bridgehead atoms. The molecule has 2 heteroatoms. The molecule has 0 fully saturated rings. The molecule has 0 aromatic heterocycles. The van der Waals surface area contributed by atoms with Crippen molar-refractivity contribution < 1.29 is 4.79 Å². The van der Waals surface area contributed by atoms with Crippen LogP contribution in [-0.4, -0.2) is 5.91 Å². The van der Waals surface area contributed by atoms with E-state index in [-0.39, 0.29) is 5.91 Å². The third-order valence-electron chi connectivity index (χ3n) is 4.25. The van der Waals surface area contributed by atoms with Gasteiger partial charge in [0.2, 0.25) is 0 Å². The van der Waals surface area contributed by atoms with E-state index in [9.17, 15) is 4.79 Å². The fourth-order valence-electron chi connectivity index (χ4n) is 3.07. The summed E-state index contributed by atoms with van der Waals surface area (Å²) in [5, 5.41) is 2.03. The number of hydrogen-bond acceptors (Lipinski definition) is 1. The van der Waals surface area contributed by atoms with E-state index in [2.05, 4.69) is 0 Å². The molecule has 1 amide bonds. The van der Waals surface area contributed by atoms with Crippen LogP contribution in [0.3, 0.4) is 0 Å². The van der Waals surface area contributed by atoms with Gasteiger partial charge in [0.15, 0.2) is 0 Å². The van der Waals surface area contributed by atoms with Crippen LogP contribution < -0.4 is 4.90 Å². The minimum atomic E-state index is -0.0331. The van der Waals surface area contributed by atoms with Gasteiger partial charge in [-0.25, -0.2) is 0 Å². The van der Waals surface area contributed by atoms with E-state index in [4.69, 9.17) is 0 Å². The van der Waals surface area contributed by atoms with Crippen LogP contribution in [0, 0.1) is 0 Å². The van der Waals surface area contributed by atoms with Crippen molar-refractivity contribution in [2.24, 2.45) is 0 Å². The van der Waals surface area contributed by atoms with Crippen molar-refractivity contribution in [3.05, 3.63) is 109 Å². The van der Waals surface area contributed by atoms with Crippen LogP contribution in [0.5, 0.6) is 0 Å². The quantitative estimate of drug-likeness (QED) is 0.465. The van der Waals surface area contributed by atoms with Crippen molar-refractivity contribution in [2.75, 3.05) is 4.90 Å². The highest BCUT2D eigenvalue weighted by molar-refractivity contribution is 6.17. The van der Waals surface area contributed by atoms with Crippen LogP contribution in [0.25, 0.3) is 10.8 Å². The molecule has 0 atom stereocenters. The maximum Gasteiger partial charge on any atom is 0.263 e. The molecule has 0 heterocycles.